The summed E-state index contributed by atoms with van der Waals surface area (Å²) in [6.45, 7) is 3.97. The summed E-state index contributed by atoms with van der Waals surface area (Å²) in [7, 11) is 4.20. The van der Waals surface area contributed by atoms with E-state index in [4.69, 9.17) is 0 Å². The highest BCUT2D eigenvalue weighted by atomic mass is 19.4. The van der Waals surface area contributed by atoms with Crippen LogP contribution in [0.3, 0.4) is 0 Å². The lowest BCUT2D eigenvalue weighted by Crippen LogP contribution is -2.29. The quantitative estimate of drug-likeness (QED) is 0.154. The summed E-state index contributed by atoms with van der Waals surface area (Å²) in [5.41, 5.74) is 5.33. The van der Waals surface area contributed by atoms with Gasteiger partial charge in [-0.05, 0) is 138 Å². The molecule has 6 heterocycles. The summed E-state index contributed by atoms with van der Waals surface area (Å²) in [6.07, 6.45) is 1.81. The molecular formula is C44H42F6N8. The van der Waals surface area contributed by atoms with Gasteiger partial charge >= 0.3 is 12.4 Å². The molecule has 2 fully saturated rings. The van der Waals surface area contributed by atoms with Crippen LogP contribution in [0.4, 0.5) is 26.3 Å². The van der Waals surface area contributed by atoms with Gasteiger partial charge in [-0.15, -0.1) is 10.2 Å². The fourth-order valence-corrected chi connectivity index (χ4v) is 7.44. The Kier molecular flexibility index (Phi) is 12.2. The zero-order chi connectivity index (χ0) is 40.9. The van der Waals surface area contributed by atoms with E-state index in [0.717, 1.165) is 110 Å². The summed E-state index contributed by atoms with van der Waals surface area (Å²) in [5.74, 6) is 0.602. The van der Waals surface area contributed by atoms with Crippen molar-refractivity contribution in [3.63, 3.8) is 0 Å². The maximum absolute atomic E-state index is 13.2. The van der Waals surface area contributed by atoms with Gasteiger partial charge in [0.05, 0.1) is 22.5 Å². The van der Waals surface area contributed by atoms with Crippen LogP contribution in [-0.4, -0.2) is 80.4 Å². The third-order valence-electron chi connectivity index (χ3n) is 10.8. The predicted octanol–water partition coefficient (Wildman–Crippen LogP) is 10.1. The van der Waals surface area contributed by atoms with Crippen LogP contribution in [0, 0.1) is 0 Å². The number of halogens is 6. The second-order valence-electron chi connectivity index (χ2n) is 14.8. The molecule has 2 aliphatic heterocycles. The molecule has 0 spiro atoms. The second kappa shape index (κ2) is 17.5. The van der Waals surface area contributed by atoms with Gasteiger partial charge in [-0.25, -0.2) is 0 Å². The van der Waals surface area contributed by atoms with Crippen molar-refractivity contribution in [2.45, 2.75) is 49.9 Å². The maximum atomic E-state index is 13.2. The first-order valence-electron chi connectivity index (χ1n) is 19.1. The van der Waals surface area contributed by atoms with E-state index in [9.17, 15) is 26.3 Å². The second-order valence-corrected chi connectivity index (χ2v) is 14.8. The van der Waals surface area contributed by atoms with E-state index in [1.54, 1.807) is 36.9 Å². The average molecular weight is 797 g/mol. The molecule has 8 nitrogen and oxygen atoms in total. The van der Waals surface area contributed by atoms with Gasteiger partial charge in [0.1, 0.15) is 11.4 Å². The van der Waals surface area contributed by atoms with Crippen LogP contribution >= 0.6 is 0 Å². The van der Waals surface area contributed by atoms with Crippen molar-refractivity contribution in [3.05, 3.63) is 132 Å². The average Bonchev–Trinajstić information content (AvgIpc) is 3.24. The molecule has 14 heteroatoms. The van der Waals surface area contributed by atoms with Crippen molar-refractivity contribution in [1.29, 1.82) is 0 Å². The summed E-state index contributed by atoms with van der Waals surface area (Å²) in [6, 6.07) is 21.8. The van der Waals surface area contributed by atoms with Crippen LogP contribution < -0.4 is 0 Å². The van der Waals surface area contributed by atoms with E-state index in [2.05, 4.69) is 54.3 Å². The normalized spacial score (nSPS) is 16.1. The number of rotatable bonds is 6. The van der Waals surface area contributed by atoms with Crippen LogP contribution in [0.1, 0.15) is 60.0 Å². The lowest BCUT2D eigenvalue weighted by atomic mass is 9.91. The molecule has 2 saturated heterocycles. The Morgan fingerprint density at radius 3 is 1.17 bits per heavy atom. The minimum absolute atomic E-state index is 0.301. The SMILES string of the molecule is CN1CCC(c2cc(-c3ccncc3)c(-c3cccc(C(F)(F)F)c3)nn2)CC1.CN1CCC(c2cc(-c3ccncc3)c(-c3cccc(C(F)(F)F)c3)nn2)CC1. The van der Waals surface area contributed by atoms with Crippen molar-refractivity contribution < 1.29 is 26.3 Å². The van der Waals surface area contributed by atoms with Crippen LogP contribution in [-0.2, 0) is 12.4 Å². The van der Waals surface area contributed by atoms with Gasteiger partial charge in [-0.1, -0.05) is 24.3 Å². The Labute approximate surface area is 333 Å². The summed E-state index contributed by atoms with van der Waals surface area (Å²) in [5, 5.41) is 17.6. The van der Waals surface area contributed by atoms with Gasteiger partial charge in [0.25, 0.3) is 0 Å². The van der Waals surface area contributed by atoms with E-state index in [0.29, 0.717) is 34.4 Å². The van der Waals surface area contributed by atoms with Crippen molar-refractivity contribution in [3.8, 4) is 44.8 Å². The maximum Gasteiger partial charge on any atom is 0.416 e. The smallest absolute Gasteiger partial charge is 0.306 e. The summed E-state index contributed by atoms with van der Waals surface area (Å²) < 4.78 is 79.2. The molecule has 0 N–H and O–H groups in total. The van der Waals surface area contributed by atoms with Crippen molar-refractivity contribution >= 4 is 0 Å². The Hall–Kier alpha value is -5.60. The number of piperidine rings is 2. The highest BCUT2D eigenvalue weighted by molar-refractivity contribution is 5.81. The first kappa shape index (κ1) is 40.6. The van der Waals surface area contributed by atoms with Crippen LogP contribution in [0.15, 0.2) is 110 Å². The first-order chi connectivity index (χ1) is 27.8. The molecule has 8 rings (SSSR count). The zero-order valence-corrected chi connectivity index (χ0v) is 32.0. The summed E-state index contributed by atoms with van der Waals surface area (Å²) in [4.78, 5) is 12.7. The van der Waals surface area contributed by atoms with E-state index < -0.39 is 23.5 Å². The minimum Gasteiger partial charge on any atom is -0.306 e. The highest BCUT2D eigenvalue weighted by Crippen LogP contribution is 2.39. The topological polar surface area (TPSA) is 83.8 Å². The Bertz CT molecular complexity index is 2120. The minimum atomic E-state index is -4.41. The molecule has 4 aromatic heterocycles. The molecule has 2 aromatic carbocycles. The third-order valence-corrected chi connectivity index (χ3v) is 10.8. The van der Waals surface area contributed by atoms with E-state index in [-0.39, 0.29) is 0 Å². The molecular weight excluding hydrogens is 755 g/mol. The summed E-state index contributed by atoms with van der Waals surface area (Å²) >= 11 is 0. The number of hydrogen-bond acceptors (Lipinski definition) is 8. The van der Waals surface area contributed by atoms with Gasteiger partial charge in [0, 0.05) is 58.9 Å². The monoisotopic (exact) mass is 796 g/mol. The molecule has 0 atom stereocenters. The number of nitrogens with zero attached hydrogens (tertiary/aromatic N) is 8. The molecule has 0 aliphatic carbocycles. The standard InChI is InChI=1S/2C22H21F3N4/c2*1-29-11-7-16(8-12-29)20-14-19(15-5-9-26-10-6-15)21(28-27-20)17-3-2-4-18(13-17)22(23,24)25/h2*2-6,9-10,13-14,16H,7-8,11-12H2,1H3. The molecule has 0 bridgehead atoms. The molecule has 2 aliphatic rings. The van der Waals surface area contributed by atoms with Crippen LogP contribution in [0.25, 0.3) is 44.8 Å². The van der Waals surface area contributed by atoms with Crippen molar-refractivity contribution in [2.24, 2.45) is 0 Å². The lowest BCUT2D eigenvalue weighted by molar-refractivity contribution is -0.138. The Morgan fingerprint density at radius 1 is 0.466 bits per heavy atom. The third kappa shape index (κ3) is 9.74. The number of hydrogen-bond donors (Lipinski definition) is 0. The number of alkyl halides is 6. The molecule has 300 valence electrons. The van der Waals surface area contributed by atoms with Gasteiger partial charge < -0.3 is 9.80 Å². The number of aromatic nitrogens is 6. The molecule has 0 saturated carbocycles. The van der Waals surface area contributed by atoms with Gasteiger partial charge in [0.15, 0.2) is 0 Å². The largest absolute Gasteiger partial charge is 0.416 e. The fourth-order valence-electron chi connectivity index (χ4n) is 7.44. The van der Waals surface area contributed by atoms with E-state index in [1.165, 1.54) is 12.1 Å². The Balaban J connectivity index is 0.000000177. The molecule has 0 unspecified atom stereocenters. The fraction of sp³-hybridized carbons (Fsp3) is 0.318. The van der Waals surface area contributed by atoms with Crippen LogP contribution in [0.2, 0.25) is 0 Å². The molecule has 0 radical (unpaired) electrons. The number of benzene rings is 2. The van der Waals surface area contributed by atoms with E-state index in [1.807, 2.05) is 36.4 Å². The predicted molar refractivity (Wildman–Crippen MR) is 210 cm³/mol. The number of pyridine rings is 2. The van der Waals surface area contributed by atoms with Crippen molar-refractivity contribution in [2.75, 3.05) is 40.3 Å². The van der Waals surface area contributed by atoms with Gasteiger partial charge in [-0.3, -0.25) is 9.97 Å². The van der Waals surface area contributed by atoms with Crippen LogP contribution in [0.5, 0.6) is 0 Å². The lowest BCUT2D eigenvalue weighted by Gasteiger charge is -2.28. The Morgan fingerprint density at radius 2 is 0.828 bits per heavy atom. The zero-order valence-electron chi connectivity index (χ0n) is 32.0. The van der Waals surface area contributed by atoms with Gasteiger partial charge in [-0.2, -0.15) is 36.5 Å². The molecule has 6 aromatic rings. The molecule has 58 heavy (non-hydrogen) atoms. The highest BCUT2D eigenvalue weighted by Gasteiger charge is 2.32. The van der Waals surface area contributed by atoms with Gasteiger partial charge in [0.2, 0.25) is 0 Å². The van der Waals surface area contributed by atoms with Crippen molar-refractivity contribution in [1.82, 2.24) is 40.2 Å². The molecule has 0 amide bonds. The first-order valence-corrected chi connectivity index (χ1v) is 19.1. The number of likely N-dealkylation sites (tertiary alicyclic amines) is 2. The van der Waals surface area contributed by atoms with E-state index >= 15 is 0 Å².